The van der Waals surface area contributed by atoms with Gasteiger partial charge in [-0.1, -0.05) is 61.6 Å². The Morgan fingerprint density at radius 1 is 0.645 bits per heavy atom. The van der Waals surface area contributed by atoms with Gasteiger partial charge in [-0.3, -0.25) is 0 Å². The van der Waals surface area contributed by atoms with E-state index in [4.69, 9.17) is 4.98 Å². The second-order valence-corrected chi connectivity index (χ2v) is 9.16. The number of benzene rings is 2. The first-order valence-electron chi connectivity index (χ1n) is 11.7. The summed E-state index contributed by atoms with van der Waals surface area (Å²) in [6.45, 7) is 16.4. The van der Waals surface area contributed by atoms with Gasteiger partial charge in [0, 0.05) is 12.1 Å². The van der Waals surface area contributed by atoms with Gasteiger partial charge in [0.05, 0.1) is 5.69 Å². The van der Waals surface area contributed by atoms with Crippen LogP contribution in [0.1, 0.15) is 66.0 Å². The average Bonchev–Trinajstić information content (AvgIpc) is 2.66. The fourth-order valence-corrected chi connectivity index (χ4v) is 4.88. The third-order valence-electron chi connectivity index (χ3n) is 6.06. The number of rotatable bonds is 8. The number of aromatic nitrogens is 1. The zero-order chi connectivity index (χ0) is 22.5. The SMILES string of the molecule is CCCCCCNc1cc(-c2c(C)cc(C)cc2C)cc(-c2c(C)cc(C)cc2C)n1. The number of anilines is 1. The van der Waals surface area contributed by atoms with Crippen LogP contribution in [0.2, 0.25) is 0 Å². The van der Waals surface area contributed by atoms with Crippen LogP contribution in [-0.4, -0.2) is 11.5 Å². The van der Waals surface area contributed by atoms with Gasteiger partial charge < -0.3 is 5.32 Å². The van der Waals surface area contributed by atoms with Crippen molar-refractivity contribution in [3.05, 3.63) is 69.8 Å². The molecule has 2 aromatic carbocycles. The lowest BCUT2D eigenvalue weighted by molar-refractivity contribution is 0.684. The van der Waals surface area contributed by atoms with E-state index in [0.29, 0.717) is 0 Å². The van der Waals surface area contributed by atoms with Crippen LogP contribution in [0.25, 0.3) is 22.4 Å². The van der Waals surface area contributed by atoms with Crippen molar-refractivity contribution in [2.45, 2.75) is 74.1 Å². The number of nitrogens with zero attached hydrogens (tertiary/aromatic N) is 1. The van der Waals surface area contributed by atoms with Gasteiger partial charge in [-0.2, -0.15) is 0 Å². The van der Waals surface area contributed by atoms with Crippen LogP contribution in [0.4, 0.5) is 5.82 Å². The average molecular weight is 415 g/mol. The molecule has 0 atom stereocenters. The second-order valence-electron chi connectivity index (χ2n) is 9.16. The van der Waals surface area contributed by atoms with E-state index in [0.717, 1.165) is 18.1 Å². The molecule has 1 N–H and O–H groups in total. The molecular weight excluding hydrogens is 376 g/mol. The summed E-state index contributed by atoms with van der Waals surface area (Å²) in [6, 6.07) is 13.6. The Hall–Kier alpha value is -2.61. The predicted molar refractivity (Wildman–Crippen MR) is 136 cm³/mol. The normalized spacial score (nSPS) is 11.1. The number of nitrogens with one attached hydrogen (secondary N) is 1. The minimum absolute atomic E-state index is 0.966. The Morgan fingerprint density at radius 3 is 1.74 bits per heavy atom. The van der Waals surface area contributed by atoms with Crippen molar-refractivity contribution < 1.29 is 0 Å². The first kappa shape index (κ1) is 23.1. The quantitative estimate of drug-likeness (QED) is 0.375. The molecule has 0 saturated heterocycles. The van der Waals surface area contributed by atoms with Crippen LogP contribution in [-0.2, 0) is 0 Å². The summed E-state index contributed by atoms with van der Waals surface area (Å²) in [6.07, 6.45) is 5.00. The first-order chi connectivity index (χ1) is 14.8. The lowest BCUT2D eigenvalue weighted by atomic mass is 9.91. The largest absolute Gasteiger partial charge is 0.370 e. The van der Waals surface area contributed by atoms with Gasteiger partial charge in [0.2, 0.25) is 0 Å². The van der Waals surface area contributed by atoms with Crippen LogP contribution >= 0.6 is 0 Å². The van der Waals surface area contributed by atoms with Crippen molar-refractivity contribution in [2.24, 2.45) is 0 Å². The Labute approximate surface area is 189 Å². The summed E-state index contributed by atoms with van der Waals surface area (Å²) >= 11 is 0. The molecule has 3 aromatic rings. The zero-order valence-corrected chi connectivity index (χ0v) is 20.4. The number of hydrogen-bond donors (Lipinski definition) is 1. The summed E-state index contributed by atoms with van der Waals surface area (Å²) in [5.74, 6) is 0.975. The maximum Gasteiger partial charge on any atom is 0.127 e. The van der Waals surface area contributed by atoms with Crippen molar-refractivity contribution in [1.29, 1.82) is 0 Å². The maximum atomic E-state index is 5.06. The van der Waals surface area contributed by atoms with Gasteiger partial charge in [0.1, 0.15) is 5.82 Å². The van der Waals surface area contributed by atoms with E-state index >= 15 is 0 Å². The van der Waals surface area contributed by atoms with Crippen molar-refractivity contribution in [3.8, 4) is 22.4 Å². The van der Waals surface area contributed by atoms with Crippen molar-refractivity contribution in [2.75, 3.05) is 11.9 Å². The Morgan fingerprint density at radius 2 is 1.19 bits per heavy atom. The van der Waals surface area contributed by atoms with Gasteiger partial charge >= 0.3 is 0 Å². The van der Waals surface area contributed by atoms with E-state index < -0.39 is 0 Å². The highest BCUT2D eigenvalue weighted by molar-refractivity contribution is 5.79. The van der Waals surface area contributed by atoms with E-state index in [9.17, 15) is 0 Å². The summed E-state index contributed by atoms with van der Waals surface area (Å²) in [4.78, 5) is 5.06. The molecule has 1 heterocycles. The molecule has 0 amide bonds. The van der Waals surface area contributed by atoms with Gasteiger partial charge in [-0.05, 0) is 93.5 Å². The lowest BCUT2D eigenvalue weighted by Crippen LogP contribution is -2.05. The molecule has 0 aliphatic heterocycles. The van der Waals surface area contributed by atoms with E-state index in [1.54, 1.807) is 0 Å². The first-order valence-corrected chi connectivity index (χ1v) is 11.7. The summed E-state index contributed by atoms with van der Waals surface area (Å²) < 4.78 is 0. The summed E-state index contributed by atoms with van der Waals surface area (Å²) in [7, 11) is 0. The lowest BCUT2D eigenvalue weighted by Gasteiger charge is -2.17. The van der Waals surface area contributed by atoms with E-state index in [1.807, 2.05) is 0 Å². The minimum atomic E-state index is 0.966. The van der Waals surface area contributed by atoms with Crippen molar-refractivity contribution in [1.82, 2.24) is 4.98 Å². The van der Waals surface area contributed by atoms with Crippen LogP contribution in [0.5, 0.6) is 0 Å². The van der Waals surface area contributed by atoms with E-state index in [2.05, 4.69) is 90.2 Å². The minimum Gasteiger partial charge on any atom is -0.370 e. The highest BCUT2D eigenvalue weighted by Crippen LogP contribution is 2.35. The second kappa shape index (κ2) is 10.1. The number of unbranched alkanes of at least 4 members (excludes halogenated alkanes) is 3. The fraction of sp³-hybridized carbons (Fsp3) is 0.414. The Balaban J connectivity index is 2.09. The molecule has 0 saturated carbocycles. The molecule has 0 spiro atoms. The molecule has 0 aliphatic carbocycles. The van der Waals surface area contributed by atoms with Crippen LogP contribution < -0.4 is 5.32 Å². The molecule has 2 heteroatoms. The molecule has 1 aromatic heterocycles. The van der Waals surface area contributed by atoms with Crippen LogP contribution in [0.3, 0.4) is 0 Å². The molecule has 0 aliphatic rings. The van der Waals surface area contributed by atoms with Crippen LogP contribution in [0, 0.1) is 41.5 Å². The van der Waals surface area contributed by atoms with E-state index in [-0.39, 0.29) is 0 Å². The molecule has 3 rings (SSSR count). The highest BCUT2D eigenvalue weighted by atomic mass is 15.0. The van der Waals surface area contributed by atoms with Crippen LogP contribution in [0.15, 0.2) is 36.4 Å². The van der Waals surface area contributed by atoms with Crippen molar-refractivity contribution >= 4 is 5.82 Å². The van der Waals surface area contributed by atoms with Gasteiger partial charge in [-0.25, -0.2) is 4.98 Å². The fourth-order valence-electron chi connectivity index (χ4n) is 4.88. The summed E-state index contributed by atoms with van der Waals surface area (Å²) in [5, 5.41) is 3.61. The third-order valence-corrected chi connectivity index (χ3v) is 6.06. The monoisotopic (exact) mass is 414 g/mol. The predicted octanol–water partition coefficient (Wildman–Crippen LogP) is 8.26. The topological polar surface area (TPSA) is 24.9 Å². The van der Waals surface area contributed by atoms with Crippen molar-refractivity contribution in [3.63, 3.8) is 0 Å². The zero-order valence-electron chi connectivity index (χ0n) is 20.4. The number of aryl methyl sites for hydroxylation is 6. The molecule has 0 bridgehead atoms. The molecular formula is C29H38N2. The summed E-state index contributed by atoms with van der Waals surface area (Å²) in [5.41, 5.74) is 12.7. The Kier molecular flexibility index (Phi) is 7.54. The maximum absolute atomic E-state index is 5.06. The highest BCUT2D eigenvalue weighted by Gasteiger charge is 2.14. The smallest absolute Gasteiger partial charge is 0.127 e. The molecule has 0 unspecified atom stereocenters. The molecule has 31 heavy (non-hydrogen) atoms. The molecule has 164 valence electrons. The Bertz CT molecular complexity index is 941. The molecule has 2 nitrogen and oxygen atoms in total. The van der Waals surface area contributed by atoms with E-state index in [1.165, 1.54) is 75.8 Å². The molecule has 0 fully saturated rings. The van der Waals surface area contributed by atoms with Gasteiger partial charge in [0.25, 0.3) is 0 Å². The number of hydrogen-bond acceptors (Lipinski definition) is 2. The number of pyridine rings is 1. The van der Waals surface area contributed by atoms with Gasteiger partial charge in [-0.15, -0.1) is 0 Å². The van der Waals surface area contributed by atoms with Gasteiger partial charge in [0.15, 0.2) is 0 Å². The molecule has 0 radical (unpaired) electrons. The third kappa shape index (κ3) is 5.55. The standard InChI is InChI=1S/C29H38N2/c1-8-9-10-11-12-30-27-18-25(28-21(4)13-19(2)14-22(28)5)17-26(31-27)29-23(6)15-20(3)16-24(29)7/h13-18H,8-12H2,1-7H3,(H,30,31).